The molecule has 0 unspecified atom stereocenters. The van der Waals surface area contributed by atoms with E-state index in [1.165, 1.54) is 0 Å². The second-order valence-electron chi connectivity index (χ2n) is 6.31. The summed E-state index contributed by atoms with van der Waals surface area (Å²) in [6.07, 6.45) is 0. The van der Waals surface area contributed by atoms with Crippen LogP contribution in [-0.4, -0.2) is 30.2 Å². The molecule has 1 amide bonds. The zero-order valence-electron chi connectivity index (χ0n) is 13.2. The van der Waals surface area contributed by atoms with Gasteiger partial charge in [0.25, 0.3) is 5.91 Å². The number of H-pyrrole nitrogens is 1. The van der Waals surface area contributed by atoms with Crippen LogP contribution in [0.15, 0.2) is 30.3 Å². The molecule has 0 aliphatic heterocycles. The number of nitrogens with zero attached hydrogens (tertiary/aromatic N) is 2. The molecule has 1 heterocycles. The highest BCUT2D eigenvalue weighted by Gasteiger charge is 2.17. The van der Waals surface area contributed by atoms with Gasteiger partial charge in [0.1, 0.15) is 0 Å². The monoisotopic (exact) mass is 286 g/mol. The molecule has 0 saturated carbocycles. The van der Waals surface area contributed by atoms with Crippen molar-refractivity contribution in [1.29, 1.82) is 0 Å². The fourth-order valence-corrected chi connectivity index (χ4v) is 1.87. The summed E-state index contributed by atoms with van der Waals surface area (Å²) < 4.78 is 0. The molecule has 1 aromatic carbocycles. The van der Waals surface area contributed by atoms with Crippen LogP contribution in [-0.2, 0) is 5.41 Å². The Balaban J connectivity index is 2.09. The molecule has 21 heavy (non-hydrogen) atoms. The summed E-state index contributed by atoms with van der Waals surface area (Å²) in [4.78, 5) is 14.2. The number of hydrogen-bond acceptors (Lipinski definition) is 3. The van der Waals surface area contributed by atoms with Crippen molar-refractivity contribution in [3.8, 4) is 0 Å². The first kappa shape index (κ1) is 15.1. The molecule has 0 radical (unpaired) electrons. The minimum absolute atomic E-state index is 0.0245. The van der Waals surface area contributed by atoms with Crippen LogP contribution in [0.2, 0.25) is 0 Å². The highest BCUT2D eigenvalue weighted by atomic mass is 16.1. The summed E-state index contributed by atoms with van der Waals surface area (Å²) in [5, 5.41) is 9.89. The van der Waals surface area contributed by atoms with Gasteiger partial charge in [0.15, 0.2) is 5.82 Å². The third-order valence-corrected chi connectivity index (χ3v) is 3.27. The Hall–Kier alpha value is -2.30. The minimum atomic E-state index is -0.160. The van der Waals surface area contributed by atoms with E-state index in [2.05, 4.69) is 36.3 Å². The van der Waals surface area contributed by atoms with Gasteiger partial charge in [-0.2, -0.15) is 5.10 Å². The van der Waals surface area contributed by atoms with E-state index in [0.29, 0.717) is 11.4 Å². The number of nitrogens with one attached hydrogen (secondary N) is 2. The number of benzene rings is 1. The summed E-state index contributed by atoms with van der Waals surface area (Å²) in [5.74, 6) is 0.383. The van der Waals surface area contributed by atoms with E-state index in [1.54, 1.807) is 0 Å². The predicted octanol–water partition coefficient (Wildman–Crippen LogP) is 3.03. The first-order valence-electron chi connectivity index (χ1n) is 6.92. The highest BCUT2D eigenvalue weighted by molar-refractivity contribution is 6.03. The molecule has 0 bridgehead atoms. The number of anilines is 2. The molecular formula is C16H22N4O. The molecule has 2 N–H and O–H groups in total. The third-order valence-electron chi connectivity index (χ3n) is 3.27. The van der Waals surface area contributed by atoms with Crippen LogP contribution in [0, 0.1) is 0 Å². The van der Waals surface area contributed by atoms with Crippen LogP contribution in [0.3, 0.4) is 0 Å². The normalized spacial score (nSPS) is 11.3. The van der Waals surface area contributed by atoms with Crippen molar-refractivity contribution in [2.45, 2.75) is 26.2 Å². The molecular weight excluding hydrogens is 264 g/mol. The summed E-state index contributed by atoms with van der Waals surface area (Å²) in [6.45, 7) is 6.27. The average Bonchev–Trinajstić information content (AvgIpc) is 2.87. The third kappa shape index (κ3) is 3.62. The van der Waals surface area contributed by atoms with Crippen LogP contribution in [0.1, 0.15) is 36.8 Å². The Morgan fingerprint density at radius 1 is 1.19 bits per heavy atom. The fourth-order valence-electron chi connectivity index (χ4n) is 1.87. The van der Waals surface area contributed by atoms with E-state index in [-0.39, 0.29) is 11.3 Å². The summed E-state index contributed by atoms with van der Waals surface area (Å²) in [5.41, 5.74) is 2.63. The SMILES string of the molecule is CN(C)c1ccc(C(=O)Nc2cc(C(C)(C)C)[nH]n2)cc1. The molecule has 0 aliphatic carbocycles. The second-order valence-corrected chi connectivity index (χ2v) is 6.31. The zero-order chi connectivity index (χ0) is 15.6. The standard InChI is InChI=1S/C16H22N4O/c1-16(2,3)13-10-14(19-18-13)17-15(21)11-6-8-12(9-7-11)20(4)5/h6-10H,1-5H3,(H2,17,18,19,21). The van der Waals surface area contributed by atoms with Gasteiger partial charge in [0.05, 0.1) is 0 Å². The van der Waals surface area contributed by atoms with Gasteiger partial charge in [-0.25, -0.2) is 0 Å². The Morgan fingerprint density at radius 2 is 1.81 bits per heavy atom. The number of carbonyl (C=O) groups excluding carboxylic acids is 1. The van der Waals surface area contributed by atoms with Gasteiger partial charge in [-0.15, -0.1) is 0 Å². The van der Waals surface area contributed by atoms with Crippen molar-refractivity contribution in [3.63, 3.8) is 0 Å². The molecule has 0 atom stereocenters. The molecule has 5 nitrogen and oxygen atoms in total. The van der Waals surface area contributed by atoms with Gasteiger partial charge in [-0.3, -0.25) is 9.89 Å². The van der Waals surface area contributed by atoms with Crippen molar-refractivity contribution < 1.29 is 4.79 Å². The first-order valence-corrected chi connectivity index (χ1v) is 6.92. The quantitative estimate of drug-likeness (QED) is 0.911. The molecule has 0 fully saturated rings. The topological polar surface area (TPSA) is 61.0 Å². The summed E-state index contributed by atoms with van der Waals surface area (Å²) in [6, 6.07) is 9.32. The van der Waals surface area contributed by atoms with Crippen LogP contribution in [0.5, 0.6) is 0 Å². The van der Waals surface area contributed by atoms with Crippen molar-refractivity contribution in [2.75, 3.05) is 24.3 Å². The number of amides is 1. The lowest BCUT2D eigenvalue weighted by Gasteiger charge is -2.14. The van der Waals surface area contributed by atoms with E-state index in [0.717, 1.165) is 11.4 Å². The Labute approximate surface area is 125 Å². The van der Waals surface area contributed by atoms with Crippen LogP contribution in [0.4, 0.5) is 11.5 Å². The van der Waals surface area contributed by atoms with Gasteiger partial charge in [-0.05, 0) is 24.3 Å². The molecule has 2 rings (SSSR count). The lowest BCUT2D eigenvalue weighted by molar-refractivity contribution is 0.102. The number of carbonyl (C=O) groups is 1. The Morgan fingerprint density at radius 3 is 2.29 bits per heavy atom. The first-order chi connectivity index (χ1) is 9.77. The van der Waals surface area contributed by atoms with Crippen molar-refractivity contribution >= 4 is 17.4 Å². The molecule has 1 aromatic heterocycles. The molecule has 112 valence electrons. The lowest BCUT2D eigenvalue weighted by atomic mass is 9.92. The highest BCUT2D eigenvalue weighted by Crippen LogP contribution is 2.22. The van der Waals surface area contributed by atoms with Crippen molar-refractivity contribution in [3.05, 3.63) is 41.6 Å². The fraction of sp³-hybridized carbons (Fsp3) is 0.375. The van der Waals surface area contributed by atoms with Crippen molar-refractivity contribution in [1.82, 2.24) is 10.2 Å². The minimum Gasteiger partial charge on any atom is -0.378 e. The van der Waals surface area contributed by atoms with E-state index in [1.807, 2.05) is 49.3 Å². The molecule has 0 aliphatic rings. The number of aromatic amines is 1. The largest absolute Gasteiger partial charge is 0.378 e. The zero-order valence-corrected chi connectivity index (χ0v) is 13.2. The number of hydrogen-bond donors (Lipinski definition) is 2. The van der Waals surface area contributed by atoms with E-state index < -0.39 is 0 Å². The van der Waals surface area contributed by atoms with Crippen molar-refractivity contribution in [2.24, 2.45) is 0 Å². The van der Waals surface area contributed by atoms with Gasteiger partial charge < -0.3 is 10.2 Å². The van der Waals surface area contributed by atoms with Crippen LogP contribution < -0.4 is 10.2 Å². The van der Waals surface area contributed by atoms with Gasteiger partial charge >= 0.3 is 0 Å². The number of rotatable bonds is 3. The summed E-state index contributed by atoms with van der Waals surface area (Å²) in [7, 11) is 3.93. The molecule has 2 aromatic rings. The maximum atomic E-state index is 12.2. The number of aromatic nitrogens is 2. The molecule has 0 spiro atoms. The predicted molar refractivity (Wildman–Crippen MR) is 86.0 cm³/mol. The van der Waals surface area contributed by atoms with E-state index >= 15 is 0 Å². The lowest BCUT2D eigenvalue weighted by Crippen LogP contribution is -2.13. The second kappa shape index (κ2) is 5.60. The smallest absolute Gasteiger partial charge is 0.256 e. The van der Waals surface area contributed by atoms with Crippen LogP contribution >= 0.6 is 0 Å². The van der Waals surface area contributed by atoms with Crippen LogP contribution in [0.25, 0.3) is 0 Å². The molecule has 5 heteroatoms. The van der Waals surface area contributed by atoms with Gasteiger partial charge in [0, 0.05) is 42.5 Å². The average molecular weight is 286 g/mol. The maximum Gasteiger partial charge on any atom is 0.256 e. The summed E-state index contributed by atoms with van der Waals surface area (Å²) >= 11 is 0. The van der Waals surface area contributed by atoms with E-state index in [4.69, 9.17) is 0 Å². The van der Waals surface area contributed by atoms with E-state index in [9.17, 15) is 4.79 Å². The van der Waals surface area contributed by atoms with Gasteiger partial charge in [0.2, 0.25) is 0 Å². The Bertz CT molecular complexity index is 620. The van der Waals surface area contributed by atoms with Gasteiger partial charge in [-0.1, -0.05) is 20.8 Å². The Kier molecular flexibility index (Phi) is 4.02. The maximum absolute atomic E-state index is 12.2. The molecule has 0 saturated heterocycles.